The van der Waals surface area contributed by atoms with Crippen LogP contribution in [0.5, 0.6) is 5.75 Å². The Hall–Kier alpha value is -2.12. The van der Waals surface area contributed by atoms with Gasteiger partial charge in [0.1, 0.15) is 18.1 Å². The van der Waals surface area contributed by atoms with E-state index in [-0.39, 0.29) is 17.4 Å². The first kappa shape index (κ1) is 18.9. The molecule has 1 amide bonds. The molecule has 1 aromatic heterocycles. The van der Waals surface area contributed by atoms with Gasteiger partial charge >= 0.3 is 0 Å². The zero-order chi connectivity index (χ0) is 20.2. The molecule has 1 saturated carbocycles. The van der Waals surface area contributed by atoms with Gasteiger partial charge in [0, 0.05) is 37.1 Å². The minimum atomic E-state index is 0.0215. The van der Waals surface area contributed by atoms with E-state index in [0.717, 1.165) is 52.8 Å². The summed E-state index contributed by atoms with van der Waals surface area (Å²) in [5.41, 5.74) is 4.28. The van der Waals surface area contributed by atoms with E-state index >= 15 is 0 Å². The number of fused-ring (bicyclic) bond motifs is 1. The molecule has 0 bridgehead atoms. The summed E-state index contributed by atoms with van der Waals surface area (Å²) in [6, 6.07) is 3.86. The van der Waals surface area contributed by atoms with Crippen LogP contribution in [0.25, 0.3) is 0 Å². The standard InChI is InChI=1S/C21H26ClN5O2/c1-13-17(24-25-26(13)2)11-29-18-4-3-15(22)14-5-8-23-16(20(14)18)10-27-12-21(6-7-21)9-19(27)28/h3-4,16,23H,5-12H2,1-2H3/t16-/m1/s1. The first-order valence-electron chi connectivity index (χ1n) is 10.3. The van der Waals surface area contributed by atoms with Crippen molar-refractivity contribution in [3.8, 4) is 5.75 Å². The molecule has 7 nitrogen and oxygen atoms in total. The highest BCUT2D eigenvalue weighted by molar-refractivity contribution is 6.31. The highest BCUT2D eigenvalue weighted by atomic mass is 35.5. The fourth-order valence-electron chi connectivity index (χ4n) is 4.61. The fourth-order valence-corrected chi connectivity index (χ4v) is 4.87. The summed E-state index contributed by atoms with van der Waals surface area (Å²) >= 11 is 6.54. The van der Waals surface area contributed by atoms with Crippen LogP contribution in [0, 0.1) is 12.3 Å². The van der Waals surface area contributed by atoms with Crippen molar-refractivity contribution in [1.29, 1.82) is 0 Å². The molecule has 8 heteroatoms. The lowest BCUT2D eigenvalue weighted by molar-refractivity contribution is -0.128. The maximum Gasteiger partial charge on any atom is 0.223 e. The zero-order valence-electron chi connectivity index (χ0n) is 16.9. The Bertz CT molecular complexity index is 968. The van der Waals surface area contributed by atoms with Crippen LogP contribution in [0.4, 0.5) is 0 Å². The molecule has 5 rings (SSSR count). The lowest BCUT2D eigenvalue weighted by atomic mass is 9.92. The molecule has 2 aromatic rings. The highest BCUT2D eigenvalue weighted by Crippen LogP contribution is 2.53. The second-order valence-electron chi connectivity index (χ2n) is 8.68. The summed E-state index contributed by atoms with van der Waals surface area (Å²) in [5, 5.41) is 12.6. The molecule has 2 fully saturated rings. The molecular weight excluding hydrogens is 390 g/mol. The maximum atomic E-state index is 12.5. The van der Waals surface area contributed by atoms with Gasteiger partial charge in [0.15, 0.2) is 0 Å². The van der Waals surface area contributed by atoms with Gasteiger partial charge < -0.3 is 15.0 Å². The highest BCUT2D eigenvalue weighted by Gasteiger charge is 2.52. The van der Waals surface area contributed by atoms with Crippen molar-refractivity contribution in [3.05, 3.63) is 39.7 Å². The van der Waals surface area contributed by atoms with Crippen LogP contribution >= 0.6 is 11.6 Å². The van der Waals surface area contributed by atoms with Crippen LogP contribution in [-0.2, 0) is 24.9 Å². The quantitative estimate of drug-likeness (QED) is 0.812. The average molecular weight is 416 g/mol. The molecule has 0 radical (unpaired) electrons. The summed E-state index contributed by atoms with van der Waals surface area (Å²) < 4.78 is 7.94. The van der Waals surface area contributed by atoms with E-state index < -0.39 is 0 Å². The number of amides is 1. The Kier molecular flexibility index (Phi) is 4.55. The van der Waals surface area contributed by atoms with Crippen LogP contribution < -0.4 is 10.1 Å². The minimum absolute atomic E-state index is 0.0215. The van der Waals surface area contributed by atoms with E-state index in [9.17, 15) is 4.79 Å². The number of carbonyl (C=O) groups excluding carboxylic acids is 1. The number of aromatic nitrogens is 3. The number of benzene rings is 1. The fraction of sp³-hybridized carbons (Fsp3) is 0.571. The van der Waals surface area contributed by atoms with Crippen molar-refractivity contribution in [3.63, 3.8) is 0 Å². The van der Waals surface area contributed by atoms with Gasteiger partial charge in [0.05, 0.1) is 11.7 Å². The Labute approximate surface area is 175 Å². The Morgan fingerprint density at radius 1 is 1.38 bits per heavy atom. The van der Waals surface area contributed by atoms with Gasteiger partial charge in [-0.2, -0.15) is 0 Å². The van der Waals surface area contributed by atoms with Gasteiger partial charge in [-0.1, -0.05) is 16.8 Å². The van der Waals surface area contributed by atoms with Crippen molar-refractivity contribution in [2.75, 3.05) is 19.6 Å². The number of aryl methyl sites for hydroxylation is 1. The molecule has 1 aromatic carbocycles. The number of nitrogens with zero attached hydrogens (tertiary/aromatic N) is 4. The summed E-state index contributed by atoms with van der Waals surface area (Å²) in [6.07, 6.45) is 3.92. The van der Waals surface area contributed by atoms with Crippen molar-refractivity contribution >= 4 is 17.5 Å². The first-order valence-corrected chi connectivity index (χ1v) is 10.6. The Morgan fingerprint density at radius 3 is 2.90 bits per heavy atom. The minimum Gasteiger partial charge on any atom is -0.487 e. The first-order chi connectivity index (χ1) is 14.0. The summed E-state index contributed by atoms with van der Waals surface area (Å²) in [4.78, 5) is 14.6. The third-order valence-electron chi connectivity index (χ3n) is 6.71. The number of carbonyl (C=O) groups is 1. The van der Waals surface area contributed by atoms with Gasteiger partial charge in [-0.3, -0.25) is 9.48 Å². The molecule has 1 saturated heterocycles. The number of hydrogen-bond acceptors (Lipinski definition) is 5. The van der Waals surface area contributed by atoms with Crippen molar-refractivity contribution in [2.45, 2.75) is 45.3 Å². The summed E-state index contributed by atoms with van der Waals surface area (Å²) in [5.74, 6) is 1.08. The zero-order valence-corrected chi connectivity index (χ0v) is 17.6. The second-order valence-corrected chi connectivity index (χ2v) is 9.09. The molecule has 1 aliphatic carbocycles. The molecule has 3 heterocycles. The molecule has 1 N–H and O–H groups in total. The van der Waals surface area contributed by atoms with Crippen LogP contribution in [0.2, 0.25) is 5.02 Å². The SMILES string of the molecule is Cc1c(COc2ccc(Cl)c3c2[C@@H](CN2CC4(CC4)CC2=O)NCC3)nnn1C. The van der Waals surface area contributed by atoms with E-state index in [2.05, 4.69) is 15.6 Å². The van der Waals surface area contributed by atoms with Crippen LogP contribution in [0.3, 0.4) is 0 Å². The van der Waals surface area contributed by atoms with Crippen molar-refractivity contribution in [2.24, 2.45) is 12.5 Å². The lowest BCUT2D eigenvalue weighted by Gasteiger charge is -2.32. The Morgan fingerprint density at radius 2 is 2.21 bits per heavy atom. The largest absolute Gasteiger partial charge is 0.487 e. The molecule has 3 aliphatic rings. The topological polar surface area (TPSA) is 72.3 Å². The average Bonchev–Trinajstić information content (AvgIpc) is 3.28. The predicted molar refractivity (Wildman–Crippen MR) is 109 cm³/mol. The van der Waals surface area contributed by atoms with E-state index in [4.69, 9.17) is 16.3 Å². The van der Waals surface area contributed by atoms with E-state index in [1.54, 1.807) is 4.68 Å². The van der Waals surface area contributed by atoms with Gasteiger partial charge in [-0.15, -0.1) is 5.10 Å². The monoisotopic (exact) mass is 415 g/mol. The Balaban J connectivity index is 1.40. The third kappa shape index (κ3) is 3.40. The normalized spacial score (nSPS) is 22.2. The summed E-state index contributed by atoms with van der Waals surface area (Å²) in [6.45, 7) is 4.72. The van der Waals surface area contributed by atoms with E-state index in [1.165, 1.54) is 12.8 Å². The van der Waals surface area contributed by atoms with E-state index in [0.29, 0.717) is 19.6 Å². The molecule has 29 heavy (non-hydrogen) atoms. The molecule has 1 atom stereocenters. The van der Waals surface area contributed by atoms with Crippen LogP contribution in [-0.4, -0.2) is 45.4 Å². The van der Waals surface area contributed by atoms with Gasteiger partial charge in [-0.25, -0.2) is 0 Å². The molecule has 154 valence electrons. The van der Waals surface area contributed by atoms with Crippen LogP contribution in [0.1, 0.15) is 47.8 Å². The smallest absolute Gasteiger partial charge is 0.223 e. The summed E-state index contributed by atoms with van der Waals surface area (Å²) in [7, 11) is 1.87. The van der Waals surface area contributed by atoms with Gasteiger partial charge in [0.2, 0.25) is 5.91 Å². The molecule has 0 unspecified atom stereocenters. The van der Waals surface area contributed by atoms with E-state index in [1.807, 2.05) is 31.0 Å². The third-order valence-corrected chi connectivity index (χ3v) is 7.06. The molecular formula is C21H26ClN5O2. The number of rotatable bonds is 5. The molecule has 2 aliphatic heterocycles. The van der Waals surface area contributed by atoms with Gasteiger partial charge in [0.25, 0.3) is 0 Å². The maximum absolute atomic E-state index is 12.5. The van der Waals surface area contributed by atoms with Crippen molar-refractivity contribution in [1.82, 2.24) is 25.2 Å². The van der Waals surface area contributed by atoms with Crippen molar-refractivity contribution < 1.29 is 9.53 Å². The number of nitrogens with one attached hydrogen (secondary N) is 1. The second kappa shape index (κ2) is 6.99. The molecule has 1 spiro atoms. The number of ether oxygens (including phenoxy) is 1. The number of halogens is 1. The lowest BCUT2D eigenvalue weighted by Crippen LogP contribution is -2.40. The number of likely N-dealkylation sites (tertiary alicyclic amines) is 1. The van der Waals surface area contributed by atoms with Crippen LogP contribution in [0.15, 0.2) is 12.1 Å². The number of hydrogen-bond donors (Lipinski definition) is 1. The predicted octanol–water partition coefficient (Wildman–Crippen LogP) is 2.56. The van der Waals surface area contributed by atoms with Gasteiger partial charge in [-0.05, 0) is 55.8 Å².